The Balaban J connectivity index is 2.58. The van der Waals surface area contributed by atoms with Gasteiger partial charge in [0.15, 0.2) is 0 Å². The summed E-state index contributed by atoms with van der Waals surface area (Å²) in [4.78, 5) is 0. The summed E-state index contributed by atoms with van der Waals surface area (Å²) in [6, 6.07) is 7.95. The maximum atomic E-state index is 14.3. The molecule has 0 aliphatic rings. The summed E-state index contributed by atoms with van der Waals surface area (Å²) in [5.74, 6) is 5.03. The minimum Gasteiger partial charge on any atom is -0.271 e. The minimum absolute atomic E-state index is 0.00821. The number of hydrogen-bond donors (Lipinski definition) is 2. The predicted molar refractivity (Wildman–Crippen MR) is 87.4 cm³/mol. The second-order valence-electron chi connectivity index (χ2n) is 4.03. The van der Waals surface area contributed by atoms with Crippen LogP contribution in [0.25, 0.3) is 0 Å². The molecule has 0 saturated heterocycles. The Kier molecular flexibility index (Phi) is 5.45. The van der Waals surface area contributed by atoms with Gasteiger partial charge in [-0.3, -0.25) is 5.84 Å². The van der Waals surface area contributed by atoms with Crippen LogP contribution < -0.4 is 11.3 Å². The molecule has 2 rings (SSSR count). The van der Waals surface area contributed by atoms with E-state index < -0.39 is 11.9 Å². The number of nitrogens with two attached hydrogens (primary N) is 1. The van der Waals surface area contributed by atoms with E-state index in [0.29, 0.717) is 20.6 Å². The third-order valence-corrected chi connectivity index (χ3v) is 4.91. The molecule has 1 atom stereocenters. The van der Waals surface area contributed by atoms with Gasteiger partial charge in [0.05, 0.1) is 11.1 Å². The van der Waals surface area contributed by atoms with Crippen molar-refractivity contribution in [2.24, 2.45) is 5.84 Å². The Morgan fingerprint density at radius 2 is 1.80 bits per heavy atom. The normalized spacial score (nSPS) is 12.5. The van der Waals surface area contributed by atoms with Crippen molar-refractivity contribution in [3.05, 3.63) is 66.3 Å². The topological polar surface area (TPSA) is 38.0 Å². The zero-order valence-electron chi connectivity index (χ0n) is 9.93. The second-order valence-corrected chi connectivity index (χ2v) is 6.59. The fourth-order valence-corrected chi connectivity index (χ4v) is 2.93. The molecule has 0 heterocycles. The van der Waals surface area contributed by atoms with E-state index in [0.717, 1.165) is 4.47 Å². The third kappa shape index (κ3) is 3.18. The lowest BCUT2D eigenvalue weighted by atomic mass is 9.99. The summed E-state index contributed by atoms with van der Waals surface area (Å²) in [5.41, 5.74) is 3.54. The van der Waals surface area contributed by atoms with Gasteiger partial charge in [0, 0.05) is 19.5 Å². The average molecular weight is 443 g/mol. The molecule has 0 spiro atoms. The van der Waals surface area contributed by atoms with Crippen LogP contribution in [0.3, 0.4) is 0 Å². The lowest BCUT2D eigenvalue weighted by molar-refractivity contribution is 0.560. The molecule has 7 heteroatoms. The highest BCUT2D eigenvalue weighted by atomic mass is 79.9. The van der Waals surface area contributed by atoms with Gasteiger partial charge in [-0.25, -0.2) is 9.82 Å². The maximum Gasteiger partial charge on any atom is 0.148 e. The summed E-state index contributed by atoms with van der Waals surface area (Å²) >= 11 is 18.6. The van der Waals surface area contributed by atoms with Crippen molar-refractivity contribution in [3.63, 3.8) is 0 Å². The molecule has 0 saturated carbocycles. The lowest BCUT2D eigenvalue weighted by Crippen LogP contribution is -2.29. The van der Waals surface area contributed by atoms with Crippen LogP contribution in [0.15, 0.2) is 39.3 Å². The van der Waals surface area contributed by atoms with Gasteiger partial charge in [-0.15, -0.1) is 0 Å². The number of hydrogen-bond acceptors (Lipinski definition) is 2. The number of nitrogens with one attached hydrogen (secondary N) is 1. The Morgan fingerprint density at radius 3 is 2.45 bits per heavy atom. The van der Waals surface area contributed by atoms with Crippen LogP contribution in [-0.2, 0) is 0 Å². The van der Waals surface area contributed by atoms with Crippen LogP contribution in [-0.4, -0.2) is 0 Å². The monoisotopic (exact) mass is 440 g/mol. The van der Waals surface area contributed by atoms with Gasteiger partial charge in [-0.2, -0.15) is 0 Å². The van der Waals surface area contributed by atoms with E-state index in [1.165, 1.54) is 0 Å². The molecule has 1 unspecified atom stereocenters. The van der Waals surface area contributed by atoms with Crippen LogP contribution in [0.1, 0.15) is 17.2 Å². The van der Waals surface area contributed by atoms with Gasteiger partial charge in [-0.1, -0.05) is 45.2 Å². The van der Waals surface area contributed by atoms with E-state index in [-0.39, 0.29) is 5.02 Å². The molecule has 2 aromatic rings. The molecule has 0 amide bonds. The summed E-state index contributed by atoms with van der Waals surface area (Å²) in [7, 11) is 0. The van der Waals surface area contributed by atoms with E-state index >= 15 is 0 Å². The van der Waals surface area contributed by atoms with E-state index in [1.54, 1.807) is 30.3 Å². The van der Waals surface area contributed by atoms with Crippen molar-refractivity contribution in [2.75, 3.05) is 0 Å². The number of hydrazine groups is 1. The molecule has 2 nitrogen and oxygen atoms in total. The summed E-state index contributed by atoms with van der Waals surface area (Å²) in [6.45, 7) is 0. The van der Waals surface area contributed by atoms with Gasteiger partial charge in [0.2, 0.25) is 0 Å². The maximum absolute atomic E-state index is 14.3. The van der Waals surface area contributed by atoms with Crippen molar-refractivity contribution in [1.82, 2.24) is 5.43 Å². The van der Waals surface area contributed by atoms with Gasteiger partial charge < -0.3 is 0 Å². The van der Waals surface area contributed by atoms with Crippen LogP contribution in [0.4, 0.5) is 4.39 Å². The summed E-state index contributed by atoms with van der Waals surface area (Å²) < 4.78 is 15.6. The fourth-order valence-electron chi connectivity index (χ4n) is 1.85. The summed E-state index contributed by atoms with van der Waals surface area (Å²) in [5, 5.41) is 0.489. The molecular weight excluding hydrogens is 434 g/mol. The quantitative estimate of drug-likeness (QED) is 0.389. The van der Waals surface area contributed by atoms with Crippen LogP contribution in [0, 0.1) is 5.82 Å². The van der Waals surface area contributed by atoms with Gasteiger partial charge in [-0.05, 0) is 45.8 Å². The van der Waals surface area contributed by atoms with Crippen LogP contribution in [0.2, 0.25) is 10.0 Å². The van der Waals surface area contributed by atoms with Crippen molar-refractivity contribution in [2.45, 2.75) is 6.04 Å². The summed E-state index contributed by atoms with van der Waals surface area (Å²) in [6.07, 6.45) is 0. The van der Waals surface area contributed by atoms with Crippen molar-refractivity contribution in [3.8, 4) is 0 Å². The molecule has 3 N–H and O–H groups in total. The Bertz CT molecular complexity index is 653. The highest BCUT2D eigenvalue weighted by molar-refractivity contribution is 9.10. The number of halogens is 5. The van der Waals surface area contributed by atoms with Gasteiger partial charge in [0.1, 0.15) is 5.82 Å². The first-order valence-electron chi connectivity index (χ1n) is 5.50. The van der Waals surface area contributed by atoms with Crippen LogP contribution in [0.5, 0.6) is 0 Å². The molecule has 2 aromatic carbocycles. The third-order valence-electron chi connectivity index (χ3n) is 2.81. The molecule has 20 heavy (non-hydrogen) atoms. The zero-order chi connectivity index (χ0) is 14.9. The molecule has 0 bridgehead atoms. The molecule has 0 aromatic heterocycles. The molecule has 0 aliphatic carbocycles. The first-order valence-corrected chi connectivity index (χ1v) is 7.84. The first kappa shape index (κ1) is 16.2. The second kappa shape index (κ2) is 6.73. The number of benzene rings is 2. The minimum atomic E-state index is -0.606. The van der Waals surface area contributed by atoms with Gasteiger partial charge in [0.25, 0.3) is 0 Å². The smallest absolute Gasteiger partial charge is 0.148 e. The highest BCUT2D eigenvalue weighted by Gasteiger charge is 2.22. The largest absolute Gasteiger partial charge is 0.271 e. The number of rotatable bonds is 3. The molecule has 0 fully saturated rings. The predicted octanol–water partition coefficient (Wildman–Crippen LogP) is 5.21. The van der Waals surface area contributed by atoms with Crippen molar-refractivity contribution < 1.29 is 4.39 Å². The Morgan fingerprint density at radius 1 is 1.10 bits per heavy atom. The Labute approximate surface area is 142 Å². The molecule has 106 valence electrons. The molecule has 0 aliphatic heterocycles. The van der Waals surface area contributed by atoms with Crippen LogP contribution >= 0.6 is 55.1 Å². The molecular formula is C13H9Br2Cl2FN2. The van der Waals surface area contributed by atoms with E-state index in [4.69, 9.17) is 29.0 Å². The highest BCUT2D eigenvalue weighted by Crippen LogP contribution is 2.35. The zero-order valence-corrected chi connectivity index (χ0v) is 14.6. The van der Waals surface area contributed by atoms with E-state index in [9.17, 15) is 4.39 Å². The lowest BCUT2D eigenvalue weighted by Gasteiger charge is -2.20. The van der Waals surface area contributed by atoms with Gasteiger partial charge >= 0.3 is 0 Å². The fraction of sp³-hybridized carbons (Fsp3) is 0.0769. The standard InChI is InChI=1S/C13H9Br2Cl2FN2/c14-6-1-4-10(16)8(5-6)13(20-19)7-2-3-9(15)11(17)12(7)18/h1-5,13,20H,19H2. The molecule has 0 radical (unpaired) electrons. The first-order chi connectivity index (χ1) is 9.45. The van der Waals surface area contributed by atoms with E-state index in [1.807, 2.05) is 0 Å². The van der Waals surface area contributed by atoms with Crippen molar-refractivity contribution >= 4 is 55.1 Å². The SMILES string of the molecule is NNC(c1cc(Br)ccc1Cl)c1ccc(Br)c(Cl)c1F. The van der Waals surface area contributed by atoms with Crippen molar-refractivity contribution in [1.29, 1.82) is 0 Å². The Hall–Kier alpha value is -0.170. The van der Waals surface area contributed by atoms with E-state index in [2.05, 4.69) is 37.3 Å². The average Bonchev–Trinajstić information content (AvgIpc) is 2.43.